The molecule has 1 aromatic heterocycles. The fourth-order valence-electron chi connectivity index (χ4n) is 2.66. The number of ether oxygens (including phenoxy) is 2. The molecule has 0 fully saturated rings. The molecule has 0 spiro atoms. The van der Waals surface area contributed by atoms with Gasteiger partial charge >= 0.3 is 5.97 Å². The average Bonchev–Trinajstić information content (AvgIpc) is 3.06. The molecule has 3 rings (SSSR count). The van der Waals surface area contributed by atoms with Crippen molar-refractivity contribution in [3.05, 3.63) is 65.9 Å². The summed E-state index contributed by atoms with van der Waals surface area (Å²) in [7, 11) is 0. The van der Waals surface area contributed by atoms with E-state index in [4.69, 9.17) is 13.9 Å². The lowest BCUT2D eigenvalue weighted by molar-refractivity contribution is -0.129. The maximum atomic E-state index is 12.6. The summed E-state index contributed by atoms with van der Waals surface area (Å²) in [5.41, 5.74) is 1.14. The molecule has 0 aliphatic carbocycles. The quantitative estimate of drug-likeness (QED) is 0.645. The van der Waals surface area contributed by atoms with Crippen molar-refractivity contribution in [2.24, 2.45) is 0 Å². The molecule has 0 saturated heterocycles. The largest absolute Gasteiger partial charge is 0.489 e. The zero-order chi connectivity index (χ0) is 19.2. The van der Waals surface area contributed by atoms with Crippen molar-refractivity contribution in [2.45, 2.75) is 26.6 Å². The Morgan fingerprint density at radius 3 is 2.52 bits per heavy atom. The molecule has 0 radical (unpaired) electrons. The van der Waals surface area contributed by atoms with E-state index < -0.39 is 12.1 Å². The van der Waals surface area contributed by atoms with Crippen molar-refractivity contribution in [3.63, 3.8) is 0 Å². The van der Waals surface area contributed by atoms with Crippen molar-refractivity contribution in [3.8, 4) is 5.75 Å². The topological polar surface area (TPSA) is 77.8 Å². The molecule has 27 heavy (non-hydrogen) atoms. The van der Waals surface area contributed by atoms with Gasteiger partial charge in [-0.15, -0.1) is 0 Å². The van der Waals surface area contributed by atoms with Gasteiger partial charge in [0.15, 0.2) is 6.10 Å². The number of nitrogens with one attached hydrogen (secondary N) is 1. The van der Waals surface area contributed by atoms with E-state index in [-0.39, 0.29) is 18.3 Å². The van der Waals surface area contributed by atoms with Crippen molar-refractivity contribution >= 4 is 22.8 Å². The summed E-state index contributed by atoms with van der Waals surface area (Å²) in [4.78, 5) is 24.4. The molecule has 3 aromatic rings. The van der Waals surface area contributed by atoms with Gasteiger partial charge in [-0.1, -0.05) is 36.4 Å². The van der Waals surface area contributed by atoms with E-state index in [1.807, 2.05) is 48.5 Å². The summed E-state index contributed by atoms with van der Waals surface area (Å²) in [6.45, 7) is 3.92. The lowest BCUT2D eigenvalue weighted by atomic mass is 10.1. The maximum Gasteiger partial charge on any atom is 0.375 e. The Morgan fingerprint density at radius 2 is 1.78 bits per heavy atom. The summed E-state index contributed by atoms with van der Waals surface area (Å²) >= 11 is 0. The summed E-state index contributed by atoms with van der Waals surface area (Å²) in [5.74, 6) is -0.332. The van der Waals surface area contributed by atoms with Crippen LogP contribution < -0.4 is 10.1 Å². The van der Waals surface area contributed by atoms with Gasteiger partial charge in [-0.2, -0.15) is 0 Å². The first-order valence-electron chi connectivity index (χ1n) is 8.77. The number of para-hydroxylation sites is 2. The Hall–Kier alpha value is -3.28. The lowest BCUT2D eigenvalue weighted by Crippen LogP contribution is -2.35. The number of fused-ring (bicyclic) bond motifs is 1. The van der Waals surface area contributed by atoms with Gasteiger partial charge in [-0.3, -0.25) is 4.79 Å². The zero-order valence-corrected chi connectivity index (χ0v) is 15.2. The Morgan fingerprint density at radius 1 is 1.07 bits per heavy atom. The predicted octanol–water partition coefficient (Wildman–Crippen LogP) is 3.69. The number of benzene rings is 2. The van der Waals surface area contributed by atoms with Crippen molar-refractivity contribution in [2.75, 3.05) is 6.54 Å². The highest BCUT2D eigenvalue weighted by molar-refractivity contribution is 5.97. The Bertz CT molecular complexity index is 932. The summed E-state index contributed by atoms with van der Waals surface area (Å²) in [5, 5.41) is 3.39. The van der Waals surface area contributed by atoms with Gasteiger partial charge in [-0.25, -0.2) is 4.79 Å². The van der Waals surface area contributed by atoms with Crippen LogP contribution in [0.15, 0.2) is 59.0 Å². The van der Waals surface area contributed by atoms with Gasteiger partial charge in [0.2, 0.25) is 5.76 Å². The van der Waals surface area contributed by atoms with Crippen LogP contribution in [0.1, 0.15) is 30.0 Å². The lowest BCUT2D eigenvalue weighted by Gasteiger charge is -2.12. The molecule has 0 aliphatic rings. The number of amides is 1. The van der Waals surface area contributed by atoms with Gasteiger partial charge in [0.05, 0.1) is 5.56 Å². The summed E-state index contributed by atoms with van der Waals surface area (Å²) in [6, 6.07) is 16.6. The first kappa shape index (κ1) is 18.5. The number of carbonyl (C=O) groups excluding carboxylic acids is 2. The van der Waals surface area contributed by atoms with Gasteiger partial charge in [0, 0.05) is 11.9 Å². The predicted molar refractivity (Wildman–Crippen MR) is 101 cm³/mol. The summed E-state index contributed by atoms with van der Waals surface area (Å²) < 4.78 is 16.8. The van der Waals surface area contributed by atoms with Gasteiger partial charge in [0.25, 0.3) is 5.91 Å². The molecule has 0 saturated carbocycles. The third-order valence-corrected chi connectivity index (χ3v) is 4.01. The molecule has 140 valence electrons. The van der Waals surface area contributed by atoms with E-state index >= 15 is 0 Å². The van der Waals surface area contributed by atoms with E-state index in [1.54, 1.807) is 13.0 Å². The molecule has 6 heteroatoms. The first-order valence-corrected chi connectivity index (χ1v) is 8.77. The van der Waals surface area contributed by atoms with E-state index in [0.29, 0.717) is 23.4 Å². The number of hydrogen-bond donors (Lipinski definition) is 1. The van der Waals surface area contributed by atoms with Crippen molar-refractivity contribution < 1.29 is 23.5 Å². The minimum atomic E-state index is -0.923. The second kappa shape index (κ2) is 8.40. The van der Waals surface area contributed by atoms with Gasteiger partial charge in [-0.05, 0) is 32.0 Å². The fraction of sp³-hybridized carbons (Fsp3) is 0.238. The van der Waals surface area contributed by atoms with Crippen LogP contribution in [0.3, 0.4) is 0 Å². The smallest absolute Gasteiger partial charge is 0.375 e. The second-order valence-electron chi connectivity index (χ2n) is 5.95. The van der Waals surface area contributed by atoms with Crippen LogP contribution in [0.25, 0.3) is 11.0 Å². The van der Waals surface area contributed by atoms with Crippen LogP contribution in [-0.2, 0) is 16.1 Å². The van der Waals surface area contributed by atoms with E-state index in [1.165, 1.54) is 6.92 Å². The van der Waals surface area contributed by atoms with Crippen molar-refractivity contribution in [1.82, 2.24) is 5.32 Å². The minimum absolute atomic E-state index is 0.0447. The Kier molecular flexibility index (Phi) is 5.76. The molecule has 1 amide bonds. The highest BCUT2D eigenvalue weighted by Crippen LogP contribution is 2.28. The molecule has 1 heterocycles. The third-order valence-electron chi connectivity index (χ3n) is 4.01. The van der Waals surface area contributed by atoms with Crippen LogP contribution in [0.4, 0.5) is 0 Å². The molecule has 2 aromatic carbocycles. The first-order chi connectivity index (χ1) is 13.1. The van der Waals surface area contributed by atoms with Gasteiger partial charge < -0.3 is 19.2 Å². The normalized spacial score (nSPS) is 11.8. The number of carbonyl (C=O) groups is 2. The zero-order valence-electron chi connectivity index (χ0n) is 15.2. The molecular weight excluding hydrogens is 346 g/mol. The molecule has 1 N–H and O–H groups in total. The van der Waals surface area contributed by atoms with E-state index in [2.05, 4.69) is 5.32 Å². The molecule has 1 atom stereocenters. The highest BCUT2D eigenvalue weighted by Gasteiger charge is 2.26. The van der Waals surface area contributed by atoms with Crippen LogP contribution in [0.5, 0.6) is 5.75 Å². The second-order valence-corrected chi connectivity index (χ2v) is 5.95. The van der Waals surface area contributed by atoms with Crippen LogP contribution in [-0.4, -0.2) is 24.5 Å². The molecular formula is C21H21NO5. The monoisotopic (exact) mass is 367 g/mol. The number of hydrogen-bond acceptors (Lipinski definition) is 5. The summed E-state index contributed by atoms with van der Waals surface area (Å²) in [6.07, 6.45) is -0.923. The molecule has 6 nitrogen and oxygen atoms in total. The van der Waals surface area contributed by atoms with Crippen LogP contribution in [0.2, 0.25) is 0 Å². The van der Waals surface area contributed by atoms with Crippen LogP contribution in [0, 0.1) is 0 Å². The Balaban J connectivity index is 1.85. The molecule has 0 bridgehead atoms. The Labute approximate surface area is 157 Å². The number of furan rings is 1. The SMILES string of the molecule is CCNC(=O)[C@H](C)OC(=O)c1oc2ccccc2c1COc1ccccc1. The number of esters is 1. The van der Waals surface area contributed by atoms with Crippen LogP contribution >= 0.6 is 0 Å². The number of rotatable bonds is 7. The molecule has 0 unspecified atom stereocenters. The number of likely N-dealkylation sites (N-methyl/N-ethyl adjacent to an activating group) is 1. The van der Waals surface area contributed by atoms with E-state index in [0.717, 1.165) is 5.39 Å². The maximum absolute atomic E-state index is 12.6. The third kappa shape index (κ3) is 4.28. The average molecular weight is 367 g/mol. The highest BCUT2D eigenvalue weighted by atomic mass is 16.6. The standard InChI is InChI=1S/C21H21NO5/c1-3-22-20(23)14(2)26-21(24)19-17(13-25-15-9-5-4-6-10-15)16-11-7-8-12-18(16)27-19/h4-12,14H,3,13H2,1-2H3,(H,22,23)/t14-/m0/s1. The van der Waals surface area contributed by atoms with E-state index in [9.17, 15) is 9.59 Å². The van der Waals surface area contributed by atoms with Crippen molar-refractivity contribution in [1.29, 1.82) is 0 Å². The molecule has 0 aliphatic heterocycles. The fourth-order valence-corrected chi connectivity index (χ4v) is 2.66. The van der Waals surface area contributed by atoms with Gasteiger partial charge in [0.1, 0.15) is 17.9 Å². The minimum Gasteiger partial charge on any atom is -0.489 e.